The number of rotatable bonds is 7. The number of furan rings is 1. The average Bonchev–Trinajstić information content (AvgIpc) is 3.65. The van der Waals surface area contributed by atoms with Gasteiger partial charge in [0, 0.05) is 44.2 Å². The van der Waals surface area contributed by atoms with Crippen LogP contribution in [0.15, 0.2) is 192 Å². The van der Waals surface area contributed by atoms with Gasteiger partial charge in [-0.1, -0.05) is 158 Å². The summed E-state index contributed by atoms with van der Waals surface area (Å²) in [7, 11) is 0. The highest BCUT2D eigenvalue weighted by Gasteiger charge is 2.15. The second kappa shape index (κ2) is 13.8. The van der Waals surface area contributed by atoms with E-state index in [2.05, 4.69) is 72.8 Å². The highest BCUT2D eigenvalue weighted by molar-refractivity contribution is 6.05. The Morgan fingerprint density at radius 3 is 1.35 bits per heavy atom. The van der Waals surface area contributed by atoms with E-state index in [-0.39, 0.29) is 0 Å². The lowest BCUT2D eigenvalue weighted by Gasteiger charge is -2.11. The van der Waals surface area contributed by atoms with E-state index in [4.69, 9.17) is 29.3 Å². The minimum absolute atomic E-state index is 0.619. The van der Waals surface area contributed by atoms with Crippen LogP contribution < -0.4 is 0 Å². The summed E-state index contributed by atoms with van der Waals surface area (Å²) in [5.74, 6) is 2.55. The van der Waals surface area contributed by atoms with Crippen molar-refractivity contribution >= 4 is 21.9 Å². The van der Waals surface area contributed by atoms with Crippen LogP contribution in [-0.2, 0) is 0 Å². The molecule has 7 aromatic carbocycles. The van der Waals surface area contributed by atoms with Crippen molar-refractivity contribution < 1.29 is 4.42 Å². The number of hydrogen-bond donors (Lipinski definition) is 0. The number of fused-ring (bicyclic) bond motifs is 3. The predicted molar refractivity (Wildman–Crippen MR) is 221 cm³/mol. The second-order valence-electron chi connectivity index (χ2n) is 13.3. The number of aromatic nitrogens is 5. The third-order valence-corrected chi connectivity index (χ3v) is 9.77. The SMILES string of the molecule is c1ccc(-c2nc(-c3ccc(-c4cccc(-c5nc(-c6ccccc6)nc(-c6ccccc6)n5)c4)cc3)cc(-c3ccc4c(c3)oc3ccccc34)n2)cc1. The Labute approximate surface area is 317 Å². The van der Waals surface area contributed by atoms with E-state index in [1.54, 1.807) is 0 Å². The van der Waals surface area contributed by atoms with Crippen molar-refractivity contribution in [2.45, 2.75) is 0 Å². The zero-order valence-electron chi connectivity index (χ0n) is 29.5. The summed E-state index contributed by atoms with van der Waals surface area (Å²) in [6.45, 7) is 0. The topological polar surface area (TPSA) is 77.6 Å². The summed E-state index contributed by atoms with van der Waals surface area (Å²) in [4.78, 5) is 24.8. The molecule has 6 heteroatoms. The molecule has 0 fully saturated rings. The van der Waals surface area contributed by atoms with Crippen LogP contribution in [-0.4, -0.2) is 24.9 Å². The molecule has 10 aromatic rings. The quantitative estimate of drug-likeness (QED) is 0.164. The van der Waals surface area contributed by atoms with Crippen molar-refractivity contribution in [2.75, 3.05) is 0 Å². The summed E-state index contributed by atoms with van der Waals surface area (Å²) in [5, 5.41) is 2.19. The lowest BCUT2D eigenvalue weighted by Crippen LogP contribution is -2.00. The highest BCUT2D eigenvalue weighted by Crippen LogP contribution is 2.35. The maximum absolute atomic E-state index is 6.23. The molecule has 0 unspecified atom stereocenters. The molecule has 0 aliphatic carbocycles. The normalized spacial score (nSPS) is 11.3. The van der Waals surface area contributed by atoms with Gasteiger partial charge >= 0.3 is 0 Å². The van der Waals surface area contributed by atoms with Gasteiger partial charge in [0.25, 0.3) is 0 Å². The molecule has 55 heavy (non-hydrogen) atoms. The van der Waals surface area contributed by atoms with Crippen molar-refractivity contribution in [3.8, 4) is 79.2 Å². The molecule has 10 rings (SSSR count). The summed E-state index contributed by atoms with van der Waals surface area (Å²) in [5.41, 5.74) is 11.2. The molecule has 0 radical (unpaired) electrons. The van der Waals surface area contributed by atoms with E-state index in [9.17, 15) is 0 Å². The van der Waals surface area contributed by atoms with Crippen LogP contribution in [0.2, 0.25) is 0 Å². The Hall–Kier alpha value is -7.57. The monoisotopic (exact) mass is 705 g/mol. The van der Waals surface area contributed by atoms with E-state index in [0.29, 0.717) is 23.3 Å². The first-order chi connectivity index (χ1) is 27.2. The zero-order valence-corrected chi connectivity index (χ0v) is 29.5. The molecule has 3 heterocycles. The third-order valence-electron chi connectivity index (χ3n) is 9.77. The molecule has 258 valence electrons. The van der Waals surface area contributed by atoms with Gasteiger partial charge in [0.15, 0.2) is 23.3 Å². The minimum atomic E-state index is 0.619. The molecular formula is C49H31N5O. The highest BCUT2D eigenvalue weighted by atomic mass is 16.3. The van der Waals surface area contributed by atoms with Crippen LogP contribution in [0.5, 0.6) is 0 Å². The Balaban J connectivity index is 1.02. The Morgan fingerprint density at radius 1 is 0.255 bits per heavy atom. The number of para-hydroxylation sites is 1. The number of benzene rings is 7. The van der Waals surface area contributed by atoms with E-state index in [1.165, 1.54) is 0 Å². The summed E-state index contributed by atoms with van der Waals surface area (Å²) in [6, 6.07) is 63.5. The maximum atomic E-state index is 6.23. The van der Waals surface area contributed by atoms with Gasteiger partial charge in [-0.3, -0.25) is 0 Å². The number of hydrogen-bond acceptors (Lipinski definition) is 6. The van der Waals surface area contributed by atoms with Crippen LogP contribution in [0.3, 0.4) is 0 Å². The zero-order chi connectivity index (χ0) is 36.6. The molecule has 0 amide bonds. The van der Waals surface area contributed by atoms with Crippen LogP contribution in [0.4, 0.5) is 0 Å². The van der Waals surface area contributed by atoms with Crippen LogP contribution in [0.1, 0.15) is 0 Å². The van der Waals surface area contributed by atoms with Crippen molar-refractivity contribution in [3.63, 3.8) is 0 Å². The maximum Gasteiger partial charge on any atom is 0.164 e. The van der Waals surface area contributed by atoms with E-state index in [1.807, 2.05) is 115 Å². The van der Waals surface area contributed by atoms with Crippen LogP contribution >= 0.6 is 0 Å². The molecule has 0 aliphatic heterocycles. The fourth-order valence-corrected chi connectivity index (χ4v) is 6.95. The molecule has 0 aliphatic rings. The summed E-state index contributed by atoms with van der Waals surface area (Å²) in [6.07, 6.45) is 0. The lowest BCUT2D eigenvalue weighted by molar-refractivity contribution is 0.669. The summed E-state index contributed by atoms with van der Waals surface area (Å²) < 4.78 is 6.23. The van der Waals surface area contributed by atoms with E-state index < -0.39 is 0 Å². The van der Waals surface area contributed by atoms with Gasteiger partial charge in [-0.05, 0) is 41.5 Å². The lowest BCUT2D eigenvalue weighted by atomic mass is 10.00. The predicted octanol–water partition coefficient (Wildman–Crippen LogP) is 12.2. The molecule has 0 bridgehead atoms. The van der Waals surface area contributed by atoms with Gasteiger partial charge in [-0.15, -0.1) is 0 Å². The molecule has 0 saturated carbocycles. The van der Waals surface area contributed by atoms with Gasteiger partial charge in [0.05, 0.1) is 11.4 Å². The largest absolute Gasteiger partial charge is 0.456 e. The minimum Gasteiger partial charge on any atom is -0.456 e. The Kier molecular flexibility index (Phi) is 8.04. The van der Waals surface area contributed by atoms with Crippen molar-refractivity contribution in [1.82, 2.24) is 24.9 Å². The van der Waals surface area contributed by atoms with Crippen molar-refractivity contribution in [3.05, 3.63) is 188 Å². The summed E-state index contributed by atoms with van der Waals surface area (Å²) >= 11 is 0. The molecular weight excluding hydrogens is 675 g/mol. The van der Waals surface area contributed by atoms with Crippen molar-refractivity contribution in [2.24, 2.45) is 0 Å². The van der Waals surface area contributed by atoms with Crippen LogP contribution in [0, 0.1) is 0 Å². The van der Waals surface area contributed by atoms with E-state index >= 15 is 0 Å². The van der Waals surface area contributed by atoms with Gasteiger partial charge in [0.1, 0.15) is 11.2 Å². The standard InChI is InChI=1S/C49H31N5O/c1-4-13-34(14-5-1)46-50-42(31-43(51-46)38-27-28-41-40-21-10-11-22-44(40)55-45(41)30-38)33-25-23-32(24-26-33)37-19-12-20-39(29-37)49-53-47(35-15-6-2-7-16-35)52-48(54-49)36-17-8-3-9-18-36/h1-31H. The molecule has 0 saturated heterocycles. The third kappa shape index (κ3) is 6.32. The Morgan fingerprint density at radius 2 is 0.709 bits per heavy atom. The fourth-order valence-electron chi connectivity index (χ4n) is 6.95. The van der Waals surface area contributed by atoms with Gasteiger partial charge in [-0.2, -0.15) is 0 Å². The van der Waals surface area contributed by atoms with Gasteiger partial charge in [-0.25, -0.2) is 24.9 Å². The average molecular weight is 706 g/mol. The van der Waals surface area contributed by atoms with Crippen LogP contribution in [0.25, 0.3) is 101 Å². The second-order valence-corrected chi connectivity index (χ2v) is 13.3. The molecule has 0 atom stereocenters. The first-order valence-electron chi connectivity index (χ1n) is 18.2. The first-order valence-corrected chi connectivity index (χ1v) is 18.2. The smallest absolute Gasteiger partial charge is 0.164 e. The molecule has 0 spiro atoms. The van der Waals surface area contributed by atoms with Gasteiger partial charge < -0.3 is 4.42 Å². The molecule has 3 aromatic heterocycles. The molecule has 6 nitrogen and oxygen atoms in total. The molecule has 0 N–H and O–H groups in total. The first kappa shape index (κ1) is 32.1. The fraction of sp³-hybridized carbons (Fsp3) is 0. The van der Waals surface area contributed by atoms with Crippen molar-refractivity contribution in [1.29, 1.82) is 0 Å². The van der Waals surface area contributed by atoms with Gasteiger partial charge in [0.2, 0.25) is 0 Å². The number of nitrogens with zero attached hydrogens (tertiary/aromatic N) is 5. The Bertz CT molecular complexity index is 2900. The van der Waals surface area contributed by atoms with E-state index in [0.717, 1.165) is 77.8 Å².